The van der Waals surface area contributed by atoms with Gasteiger partial charge in [0.2, 0.25) is 21.8 Å². The number of carbonyl (C=O) groups is 3. The predicted octanol–water partition coefficient (Wildman–Crippen LogP) is 2.51. The number of aryl methyl sites for hydroxylation is 1. The Balaban J connectivity index is 1.41. The molecule has 1 aliphatic carbocycles. The van der Waals surface area contributed by atoms with Gasteiger partial charge in [0.05, 0.1) is 30.2 Å². The van der Waals surface area contributed by atoms with Crippen molar-refractivity contribution >= 4 is 27.7 Å². The van der Waals surface area contributed by atoms with Crippen molar-refractivity contribution in [2.45, 2.75) is 114 Å². The van der Waals surface area contributed by atoms with Crippen LogP contribution in [0.4, 0.5) is 0 Å². The van der Waals surface area contributed by atoms with E-state index in [1.807, 2.05) is 42.5 Å². The summed E-state index contributed by atoms with van der Waals surface area (Å²) in [6.45, 7) is 1.83. The monoisotopic (exact) mass is 779 g/mol. The maximum atomic E-state index is 14.8. The molecule has 3 heterocycles. The van der Waals surface area contributed by atoms with E-state index in [0.717, 1.165) is 48.3 Å². The molecule has 14 nitrogen and oxygen atoms in total. The van der Waals surface area contributed by atoms with Crippen LogP contribution < -0.4 is 11.1 Å². The zero-order valence-electron chi connectivity index (χ0n) is 31.7. The number of nitrogens with one attached hydrogen (secondary N) is 2. The number of imidazole rings is 1. The Bertz CT molecular complexity index is 1750. The van der Waals surface area contributed by atoms with Gasteiger partial charge < -0.3 is 26.2 Å². The minimum absolute atomic E-state index is 0.0432. The number of hydrogen-bond donors (Lipinski definition) is 5. The van der Waals surface area contributed by atoms with E-state index < -0.39 is 63.7 Å². The molecule has 2 aromatic heterocycles. The maximum absolute atomic E-state index is 14.8. The molecular weight excluding hydrogens is 723 g/mol. The number of nitrogens with zero attached hydrogens (tertiary/aromatic N) is 4. The third-order valence-electron chi connectivity index (χ3n) is 11.0. The number of benzene rings is 1. The highest BCUT2D eigenvalue weighted by atomic mass is 32.2. The molecule has 3 aromatic rings. The van der Waals surface area contributed by atoms with E-state index >= 15 is 0 Å². The van der Waals surface area contributed by atoms with Gasteiger partial charge in [-0.25, -0.2) is 17.7 Å². The van der Waals surface area contributed by atoms with Crippen LogP contribution in [0.5, 0.6) is 0 Å². The lowest BCUT2D eigenvalue weighted by Gasteiger charge is -2.40. The SMILES string of the molecule is CC(=O)N(C(=O)[C@H](Cc1cnc[nH]1)NC(=O)[C@@H](Cc1ccccc1)CS(=O)(=O)N1CCC(N)CC1)C(C[C@@H](O)[C@@H](O)CCc1ccccn1)C1CCCCC1. The number of imide groups is 1. The molecule has 2 aliphatic rings. The van der Waals surface area contributed by atoms with Crippen molar-refractivity contribution in [2.75, 3.05) is 18.8 Å². The molecule has 1 aliphatic heterocycles. The quantitative estimate of drug-likeness (QED) is 0.127. The Morgan fingerprint density at radius 3 is 2.33 bits per heavy atom. The van der Waals surface area contributed by atoms with Crippen molar-refractivity contribution in [1.29, 1.82) is 0 Å². The van der Waals surface area contributed by atoms with Crippen LogP contribution in [0.25, 0.3) is 0 Å². The Morgan fingerprint density at radius 1 is 0.982 bits per heavy atom. The van der Waals surface area contributed by atoms with Crippen LogP contribution in [0.1, 0.15) is 81.7 Å². The number of aromatic amines is 1. The highest BCUT2D eigenvalue weighted by molar-refractivity contribution is 7.89. The van der Waals surface area contributed by atoms with Gasteiger partial charge in [0, 0.05) is 62.3 Å². The van der Waals surface area contributed by atoms with E-state index in [1.165, 1.54) is 23.8 Å². The van der Waals surface area contributed by atoms with Crippen molar-refractivity contribution in [2.24, 2.45) is 17.6 Å². The van der Waals surface area contributed by atoms with E-state index in [4.69, 9.17) is 5.73 Å². The number of aliphatic hydroxyl groups is 2. The van der Waals surface area contributed by atoms with Crippen LogP contribution in [0.3, 0.4) is 0 Å². The summed E-state index contributed by atoms with van der Waals surface area (Å²) in [7, 11) is -3.88. The van der Waals surface area contributed by atoms with E-state index in [9.17, 15) is 33.0 Å². The predicted molar refractivity (Wildman–Crippen MR) is 208 cm³/mol. The van der Waals surface area contributed by atoms with Crippen LogP contribution in [-0.4, -0.2) is 110 Å². The van der Waals surface area contributed by atoms with Gasteiger partial charge in [-0.3, -0.25) is 24.3 Å². The molecule has 0 bridgehead atoms. The number of pyridine rings is 1. The molecule has 0 radical (unpaired) electrons. The fourth-order valence-corrected chi connectivity index (χ4v) is 9.69. The summed E-state index contributed by atoms with van der Waals surface area (Å²) in [6.07, 6.45) is 8.27. The largest absolute Gasteiger partial charge is 0.390 e. The second kappa shape index (κ2) is 20.2. The van der Waals surface area contributed by atoms with Crippen LogP contribution in [0.2, 0.25) is 0 Å². The smallest absolute Gasteiger partial charge is 0.252 e. The van der Waals surface area contributed by atoms with Crippen LogP contribution in [0, 0.1) is 11.8 Å². The van der Waals surface area contributed by atoms with Gasteiger partial charge in [0.25, 0.3) is 5.91 Å². The number of H-pyrrole nitrogens is 1. The van der Waals surface area contributed by atoms with Crippen LogP contribution in [-0.2, 0) is 43.7 Å². The first kappa shape index (κ1) is 42.1. The maximum Gasteiger partial charge on any atom is 0.252 e. The number of rotatable bonds is 18. The van der Waals surface area contributed by atoms with E-state index in [0.29, 0.717) is 25.0 Å². The highest BCUT2D eigenvalue weighted by Crippen LogP contribution is 2.33. The summed E-state index contributed by atoms with van der Waals surface area (Å²) in [6, 6.07) is 12.5. The zero-order chi connectivity index (χ0) is 39.4. The molecule has 5 rings (SSSR count). The summed E-state index contributed by atoms with van der Waals surface area (Å²) >= 11 is 0. The van der Waals surface area contributed by atoms with Crippen molar-refractivity contribution in [3.8, 4) is 0 Å². The van der Waals surface area contributed by atoms with Crippen molar-refractivity contribution < 1.29 is 33.0 Å². The number of hydrogen-bond acceptors (Lipinski definition) is 10. The number of aromatic nitrogens is 3. The van der Waals surface area contributed by atoms with E-state index in [1.54, 1.807) is 12.3 Å². The summed E-state index contributed by atoms with van der Waals surface area (Å²) in [4.78, 5) is 55.3. The van der Waals surface area contributed by atoms with Gasteiger partial charge in [-0.1, -0.05) is 55.7 Å². The average molecular weight is 780 g/mol. The first-order chi connectivity index (χ1) is 26.4. The molecule has 1 saturated heterocycles. The molecule has 1 aromatic carbocycles. The summed E-state index contributed by atoms with van der Waals surface area (Å²) in [5.41, 5.74) is 8.10. The Morgan fingerprint density at radius 2 is 1.69 bits per heavy atom. The lowest BCUT2D eigenvalue weighted by atomic mass is 9.80. The average Bonchev–Trinajstić information content (AvgIpc) is 3.70. The van der Waals surface area contributed by atoms with E-state index in [-0.39, 0.29) is 50.7 Å². The van der Waals surface area contributed by atoms with Gasteiger partial charge >= 0.3 is 0 Å². The number of carbonyl (C=O) groups excluding carboxylic acids is 3. The Kier molecular flexibility index (Phi) is 15.5. The molecule has 3 amide bonds. The van der Waals surface area contributed by atoms with Gasteiger partial charge in [-0.15, -0.1) is 0 Å². The normalized spacial score (nSPS) is 18.8. The topological polar surface area (TPSA) is 212 Å². The third-order valence-corrected chi connectivity index (χ3v) is 13.0. The second-order valence-corrected chi connectivity index (χ2v) is 17.2. The third kappa shape index (κ3) is 12.2. The molecule has 55 heavy (non-hydrogen) atoms. The van der Waals surface area contributed by atoms with Crippen LogP contribution in [0.15, 0.2) is 67.3 Å². The summed E-state index contributed by atoms with van der Waals surface area (Å²) in [5, 5.41) is 25.3. The highest BCUT2D eigenvalue weighted by Gasteiger charge is 2.41. The molecule has 300 valence electrons. The fraction of sp³-hybridized carbons (Fsp3) is 0.575. The molecule has 15 heteroatoms. The number of nitrogens with two attached hydrogens (primary N) is 1. The Labute approximate surface area is 324 Å². The molecule has 5 atom stereocenters. The van der Waals surface area contributed by atoms with Crippen molar-refractivity contribution in [1.82, 2.24) is 29.5 Å². The van der Waals surface area contributed by atoms with Gasteiger partial charge in [-0.2, -0.15) is 0 Å². The van der Waals surface area contributed by atoms with Crippen molar-refractivity contribution in [3.05, 3.63) is 84.2 Å². The number of sulfonamides is 1. The fourth-order valence-electron chi connectivity index (χ4n) is 7.93. The van der Waals surface area contributed by atoms with Crippen LogP contribution >= 0.6 is 0 Å². The lowest BCUT2D eigenvalue weighted by molar-refractivity contribution is -0.152. The zero-order valence-corrected chi connectivity index (χ0v) is 32.5. The van der Waals surface area contributed by atoms with Gasteiger partial charge in [0.1, 0.15) is 6.04 Å². The molecule has 1 saturated carbocycles. The summed E-state index contributed by atoms with van der Waals surface area (Å²) in [5.74, 6) is -3.52. The van der Waals surface area contributed by atoms with Crippen molar-refractivity contribution in [3.63, 3.8) is 0 Å². The minimum atomic E-state index is -3.88. The van der Waals surface area contributed by atoms with Gasteiger partial charge in [-0.05, 0) is 75.0 Å². The second-order valence-electron chi connectivity index (χ2n) is 15.2. The Hall–Kier alpha value is -4.02. The molecular formula is C40H57N7O7S. The number of aliphatic hydroxyl groups excluding tert-OH is 2. The van der Waals surface area contributed by atoms with Gasteiger partial charge in [0.15, 0.2) is 0 Å². The first-order valence-electron chi connectivity index (χ1n) is 19.6. The molecule has 2 fully saturated rings. The van der Waals surface area contributed by atoms with E-state index in [2.05, 4.69) is 20.3 Å². The lowest BCUT2D eigenvalue weighted by Crippen LogP contribution is -2.58. The number of piperidine rings is 1. The minimum Gasteiger partial charge on any atom is -0.390 e. The molecule has 0 spiro atoms. The molecule has 6 N–H and O–H groups in total. The summed E-state index contributed by atoms with van der Waals surface area (Å²) < 4.78 is 28.9. The number of amides is 3. The standard InChI is InChI=1S/C40H57N7O7S/c1-28(48)47(36(30-12-6-3-7-13-30)24-38(50)37(49)16-15-33-14-8-9-19-43-33)40(52)35(23-34-25-42-27-44-34)45-39(51)31(22-29-10-4-2-5-11-29)26-55(53,54)46-20-17-32(41)18-21-46/h2,4-5,8-11,14,19,25,27,30-32,35-38,49-50H,3,6-7,12-13,15-18,20-24,26,41H2,1H3,(H,42,44)(H,45,51)/t31-,35-,36?,37-,38+/m0/s1. The first-order valence-corrected chi connectivity index (χ1v) is 21.2. The molecule has 1 unspecified atom stereocenters.